The molecule has 3 rings (SSSR count). The maximum atomic E-state index is 13.2. The summed E-state index contributed by atoms with van der Waals surface area (Å²) in [6, 6.07) is 8.03. The molecule has 5 nitrogen and oxygen atoms in total. The number of benzene rings is 1. The van der Waals surface area contributed by atoms with E-state index in [0.717, 1.165) is 23.9 Å². The van der Waals surface area contributed by atoms with Crippen LogP contribution in [0.1, 0.15) is 11.3 Å². The molecule has 2 heterocycles. The predicted molar refractivity (Wildman–Crippen MR) is 88.7 cm³/mol. The van der Waals surface area contributed by atoms with Crippen molar-refractivity contribution in [1.82, 2.24) is 10.3 Å². The zero-order chi connectivity index (χ0) is 18.7. The van der Waals surface area contributed by atoms with Gasteiger partial charge in [-0.25, -0.2) is 14.2 Å². The third kappa shape index (κ3) is 4.48. The summed E-state index contributed by atoms with van der Waals surface area (Å²) < 4.78 is 50.5. The SMILES string of the molecule is O=C(Nc1ccc(C[C@H]2NC[C@H]2F)cc1)Nc1ccc(C(F)(F)F)nc1. The van der Waals surface area contributed by atoms with E-state index in [-0.39, 0.29) is 11.7 Å². The fourth-order valence-electron chi connectivity index (χ4n) is 2.48. The number of carbonyl (C=O) groups is 1. The Hall–Kier alpha value is -2.68. The molecule has 2 aromatic rings. The van der Waals surface area contributed by atoms with Crippen molar-refractivity contribution in [1.29, 1.82) is 0 Å². The highest BCUT2D eigenvalue weighted by atomic mass is 19.4. The summed E-state index contributed by atoms with van der Waals surface area (Å²) in [4.78, 5) is 15.2. The van der Waals surface area contributed by atoms with Gasteiger partial charge in [0.25, 0.3) is 0 Å². The van der Waals surface area contributed by atoms with Crippen molar-refractivity contribution in [3.63, 3.8) is 0 Å². The number of amides is 2. The summed E-state index contributed by atoms with van der Waals surface area (Å²) in [5, 5.41) is 7.96. The molecule has 1 aliphatic heterocycles. The summed E-state index contributed by atoms with van der Waals surface area (Å²) in [7, 11) is 0. The summed E-state index contributed by atoms with van der Waals surface area (Å²) in [5.74, 6) is 0. The molecule has 1 aromatic heterocycles. The van der Waals surface area contributed by atoms with Gasteiger partial charge < -0.3 is 16.0 Å². The first-order chi connectivity index (χ1) is 12.3. The Kier molecular flexibility index (Phi) is 5.08. The molecule has 1 aliphatic rings. The smallest absolute Gasteiger partial charge is 0.308 e. The first kappa shape index (κ1) is 18.1. The van der Waals surface area contributed by atoms with E-state index in [1.165, 1.54) is 0 Å². The van der Waals surface area contributed by atoms with Crippen LogP contribution in [0, 0.1) is 0 Å². The van der Waals surface area contributed by atoms with Gasteiger partial charge in [0, 0.05) is 18.3 Å². The first-order valence-electron chi connectivity index (χ1n) is 7.89. The number of nitrogens with one attached hydrogen (secondary N) is 3. The van der Waals surface area contributed by atoms with Gasteiger partial charge in [-0.3, -0.25) is 0 Å². The molecule has 0 aliphatic carbocycles. The lowest BCUT2D eigenvalue weighted by molar-refractivity contribution is -0.141. The molecule has 1 saturated heterocycles. The molecule has 1 aromatic carbocycles. The molecular weight excluding hydrogens is 352 g/mol. The van der Waals surface area contributed by atoms with Crippen molar-refractivity contribution in [3.8, 4) is 0 Å². The molecule has 0 radical (unpaired) electrons. The Bertz CT molecular complexity index is 762. The van der Waals surface area contributed by atoms with Crippen molar-refractivity contribution in [3.05, 3.63) is 53.9 Å². The molecule has 2 atom stereocenters. The largest absolute Gasteiger partial charge is 0.433 e. The average molecular weight is 368 g/mol. The second-order valence-corrected chi connectivity index (χ2v) is 5.94. The summed E-state index contributed by atoms with van der Waals surface area (Å²) in [5.41, 5.74) is 0.542. The van der Waals surface area contributed by atoms with Crippen LogP contribution in [0.2, 0.25) is 0 Å². The second-order valence-electron chi connectivity index (χ2n) is 5.94. The zero-order valence-electron chi connectivity index (χ0n) is 13.5. The number of aromatic nitrogens is 1. The molecular formula is C17H16F4N4O. The Morgan fingerprint density at radius 2 is 1.77 bits per heavy atom. The van der Waals surface area contributed by atoms with E-state index in [1.807, 2.05) is 0 Å². The Morgan fingerprint density at radius 1 is 1.12 bits per heavy atom. The normalized spacial score (nSPS) is 19.5. The van der Waals surface area contributed by atoms with E-state index in [0.29, 0.717) is 18.7 Å². The van der Waals surface area contributed by atoms with Crippen LogP contribution in [-0.2, 0) is 12.6 Å². The quantitative estimate of drug-likeness (QED) is 0.723. The van der Waals surface area contributed by atoms with E-state index < -0.39 is 24.1 Å². The number of carbonyl (C=O) groups excluding carboxylic acids is 1. The molecule has 26 heavy (non-hydrogen) atoms. The lowest BCUT2D eigenvalue weighted by Crippen LogP contribution is -2.55. The zero-order valence-corrected chi connectivity index (χ0v) is 13.5. The number of anilines is 2. The molecule has 0 bridgehead atoms. The minimum atomic E-state index is -4.53. The molecule has 0 unspecified atom stereocenters. The molecule has 0 spiro atoms. The van der Waals surface area contributed by atoms with Crippen LogP contribution in [-0.4, -0.2) is 29.8 Å². The number of hydrogen-bond acceptors (Lipinski definition) is 3. The minimum absolute atomic E-state index is 0.136. The van der Waals surface area contributed by atoms with Crippen molar-refractivity contribution >= 4 is 17.4 Å². The van der Waals surface area contributed by atoms with Gasteiger partial charge in [0.1, 0.15) is 11.9 Å². The number of urea groups is 1. The Balaban J connectivity index is 1.53. The monoisotopic (exact) mass is 368 g/mol. The molecule has 2 amide bonds. The van der Waals surface area contributed by atoms with E-state index in [4.69, 9.17) is 0 Å². The van der Waals surface area contributed by atoms with Gasteiger partial charge >= 0.3 is 12.2 Å². The molecule has 138 valence electrons. The summed E-state index contributed by atoms with van der Waals surface area (Å²) >= 11 is 0. The maximum absolute atomic E-state index is 13.2. The van der Waals surface area contributed by atoms with Crippen molar-refractivity contribution < 1.29 is 22.4 Å². The van der Waals surface area contributed by atoms with E-state index in [2.05, 4.69) is 20.9 Å². The van der Waals surface area contributed by atoms with Crippen molar-refractivity contribution in [2.75, 3.05) is 17.2 Å². The topological polar surface area (TPSA) is 66.1 Å². The van der Waals surface area contributed by atoms with Crippen LogP contribution in [0.5, 0.6) is 0 Å². The van der Waals surface area contributed by atoms with Crippen LogP contribution in [0.15, 0.2) is 42.6 Å². The van der Waals surface area contributed by atoms with Gasteiger partial charge in [0.15, 0.2) is 0 Å². The number of hydrogen-bond donors (Lipinski definition) is 3. The fraction of sp³-hybridized carbons (Fsp3) is 0.294. The third-order valence-corrected chi connectivity index (χ3v) is 3.99. The van der Waals surface area contributed by atoms with Crippen LogP contribution in [0.3, 0.4) is 0 Å². The Labute approximate surface area is 146 Å². The van der Waals surface area contributed by atoms with Crippen LogP contribution < -0.4 is 16.0 Å². The number of pyridine rings is 1. The number of rotatable bonds is 4. The maximum Gasteiger partial charge on any atom is 0.433 e. The Morgan fingerprint density at radius 3 is 2.27 bits per heavy atom. The van der Waals surface area contributed by atoms with E-state index in [9.17, 15) is 22.4 Å². The molecule has 3 N–H and O–H groups in total. The van der Waals surface area contributed by atoms with Gasteiger partial charge in [0.2, 0.25) is 0 Å². The van der Waals surface area contributed by atoms with Gasteiger partial charge in [0.05, 0.1) is 11.9 Å². The summed E-state index contributed by atoms with van der Waals surface area (Å²) in [6.07, 6.45) is -3.87. The van der Waals surface area contributed by atoms with Gasteiger partial charge in [-0.1, -0.05) is 12.1 Å². The molecule has 1 fully saturated rings. The first-order valence-corrected chi connectivity index (χ1v) is 7.89. The van der Waals surface area contributed by atoms with Gasteiger partial charge in [-0.15, -0.1) is 0 Å². The van der Waals surface area contributed by atoms with Gasteiger partial charge in [-0.2, -0.15) is 13.2 Å². The van der Waals surface area contributed by atoms with Crippen molar-refractivity contribution in [2.45, 2.75) is 24.8 Å². The van der Waals surface area contributed by atoms with Crippen LogP contribution in [0.25, 0.3) is 0 Å². The highest BCUT2D eigenvalue weighted by molar-refractivity contribution is 5.99. The predicted octanol–water partition coefficient (Wildman–Crippen LogP) is 3.60. The van der Waals surface area contributed by atoms with E-state index in [1.54, 1.807) is 24.3 Å². The highest BCUT2D eigenvalue weighted by Gasteiger charge is 2.32. The number of halogens is 4. The molecule has 9 heteroatoms. The lowest BCUT2D eigenvalue weighted by atomic mass is 9.96. The number of nitrogens with zero attached hydrogens (tertiary/aromatic N) is 1. The lowest BCUT2D eigenvalue weighted by Gasteiger charge is -2.32. The van der Waals surface area contributed by atoms with Crippen LogP contribution in [0.4, 0.5) is 33.7 Å². The highest BCUT2D eigenvalue weighted by Crippen LogP contribution is 2.27. The van der Waals surface area contributed by atoms with E-state index >= 15 is 0 Å². The standard InChI is InChI=1S/C17H16F4N4O/c18-13-9-22-14(13)7-10-1-3-11(4-2-10)24-16(26)25-12-5-6-15(23-8-12)17(19,20)21/h1-6,8,13-14,22H,7,9H2,(H2,24,25,26)/t13-,14-/m1/s1. The average Bonchev–Trinajstić information content (AvgIpc) is 2.59. The number of alkyl halides is 4. The fourth-order valence-corrected chi connectivity index (χ4v) is 2.48. The van der Waals surface area contributed by atoms with Crippen LogP contribution >= 0.6 is 0 Å². The minimum Gasteiger partial charge on any atom is -0.308 e. The summed E-state index contributed by atoms with van der Waals surface area (Å²) in [6.45, 7) is 0.378. The van der Waals surface area contributed by atoms with Crippen molar-refractivity contribution in [2.24, 2.45) is 0 Å². The van der Waals surface area contributed by atoms with Gasteiger partial charge in [-0.05, 0) is 36.2 Å². The second kappa shape index (κ2) is 7.28. The third-order valence-electron chi connectivity index (χ3n) is 3.99. The molecule has 0 saturated carbocycles.